The zero-order chi connectivity index (χ0) is 12.2. The topological polar surface area (TPSA) is 89.5 Å². The van der Waals surface area contributed by atoms with Crippen molar-refractivity contribution in [1.29, 1.82) is 0 Å². The van der Waals surface area contributed by atoms with Gasteiger partial charge in [-0.25, -0.2) is 13.2 Å². The first-order chi connectivity index (χ1) is 7.44. The van der Waals surface area contributed by atoms with E-state index < -0.39 is 21.7 Å². The van der Waals surface area contributed by atoms with Crippen LogP contribution in [0.15, 0.2) is 0 Å². The van der Waals surface area contributed by atoms with Gasteiger partial charge in [0, 0.05) is 6.54 Å². The van der Waals surface area contributed by atoms with Crippen LogP contribution in [-0.4, -0.2) is 45.0 Å². The lowest BCUT2D eigenvalue weighted by molar-refractivity contribution is -0.154. The number of hydrogen-bond acceptors (Lipinski definition) is 5. The molecule has 1 unspecified atom stereocenters. The Morgan fingerprint density at radius 1 is 1.44 bits per heavy atom. The summed E-state index contributed by atoms with van der Waals surface area (Å²) in [6.07, 6.45) is 0.533. The summed E-state index contributed by atoms with van der Waals surface area (Å²) in [5.41, 5.74) is 0. The standard InChI is InChI=1S/C9H15NO5S/c1-2-15-9(12)8(11)10-5-7-3-4-16(13,14)6-7/h7H,2-6H2,1H3,(H,10,11). The van der Waals surface area contributed by atoms with E-state index in [1.165, 1.54) is 0 Å². The molecule has 1 heterocycles. The number of amides is 1. The third-order valence-corrected chi connectivity index (χ3v) is 4.18. The van der Waals surface area contributed by atoms with Gasteiger partial charge in [-0.1, -0.05) is 0 Å². The summed E-state index contributed by atoms with van der Waals surface area (Å²) >= 11 is 0. The first kappa shape index (κ1) is 13.0. The lowest BCUT2D eigenvalue weighted by atomic mass is 10.1. The number of esters is 1. The minimum atomic E-state index is -2.94. The molecule has 1 rings (SSSR count). The third kappa shape index (κ3) is 3.80. The average Bonchev–Trinajstić information content (AvgIpc) is 2.55. The lowest BCUT2D eigenvalue weighted by Gasteiger charge is -2.08. The molecule has 0 aromatic carbocycles. The van der Waals surface area contributed by atoms with Crippen LogP contribution in [0.1, 0.15) is 13.3 Å². The van der Waals surface area contributed by atoms with E-state index in [9.17, 15) is 18.0 Å². The predicted molar refractivity (Wildman–Crippen MR) is 56.4 cm³/mol. The first-order valence-electron chi connectivity index (χ1n) is 5.10. The molecule has 1 N–H and O–H groups in total. The minimum absolute atomic E-state index is 0.0795. The van der Waals surface area contributed by atoms with E-state index in [1.807, 2.05) is 0 Å². The molecule has 1 aliphatic rings. The van der Waals surface area contributed by atoms with Gasteiger partial charge in [-0.15, -0.1) is 0 Å². The molecule has 0 aromatic heterocycles. The molecule has 0 aliphatic carbocycles. The van der Waals surface area contributed by atoms with Gasteiger partial charge in [0.1, 0.15) is 0 Å². The molecule has 7 heteroatoms. The molecule has 92 valence electrons. The summed E-state index contributed by atoms with van der Waals surface area (Å²) < 4.78 is 26.7. The van der Waals surface area contributed by atoms with Crippen LogP contribution in [0.25, 0.3) is 0 Å². The zero-order valence-electron chi connectivity index (χ0n) is 9.06. The van der Waals surface area contributed by atoms with Crippen molar-refractivity contribution in [3.63, 3.8) is 0 Å². The van der Waals surface area contributed by atoms with Gasteiger partial charge >= 0.3 is 11.9 Å². The summed E-state index contributed by atoms with van der Waals surface area (Å²) in [5, 5.41) is 2.37. The van der Waals surface area contributed by atoms with E-state index in [4.69, 9.17) is 0 Å². The van der Waals surface area contributed by atoms with Crippen LogP contribution in [0.4, 0.5) is 0 Å². The fourth-order valence-electron chi connectivity index (χ4n) is 1.54. The summed E-state index contributed by atoms with van der Waals surface area (Å²) in [5.74, 6) is -1.60. The SMILES string of the molecule is CCOC(=O)C(=O)NCC1CCS(=O)(=O)C1. The number of nitrogens with one attached hydrogen (secondary N) is 1. The number of carbonyl (C=O) groups excluding carboxylic acids is 2. The number of carbonyl (C=O) groups is 2. The van der Waals surface area contributed by atoms with Crippen LogP contribution in [-0.2, 0) is 24.2 Å². The van der Waals surface area contributed by atoms with Crippen molar-refractivity contribution >= 4 is 21.7 Å². The highest BCUT2D eigenvalue weighted by Crippen LogP contribution is 2.17. The van der Waals surface area contributed by atoms with Crippen LogP contribution < -0.4 is 5.32 Å². The van der Waals surface area contributed by atoms with E-state index in [-0.39, 0.29) is 30.6 Å². The van der Waals surface area contributed by atoms with Crippen molar-refractivity contribution in [3.05, 3.63) is 0 Å². The molecule has 1 atom stereocenters. The van der Waals surface area contributed by atoms with Crippen molar-refractivity contribution in [2.75, 3.05) is 24.7 Å². The van der Waals surface area contributed by atoms with Crippen molar-refractivity contribution in [2.45, 2.75) is 13.3 Å². The maximum absolute atomic E-state index is 11.1. The average molecular weight is 249 g/mol. The summed E-state index contributed by atoms with van der Waals surface area (Å²) in [6, 6.07) is 0. The molecule has 0 saturated carbocycles. The van der Waals surface area contributed by atoms with Gasteiger partial charge in [-0.05, 0) is 19.3 Å². The summed E-state index contributed by atoms with van der Waals surface area (Å²) in [7, 11) is -2.94. The molecule has 1 fully saturated rings. The molecule has 0 bridgehead atoms. The zero-order valence-corrected chi connectivity index (χ0v) is 9.88. The van der Waals surface area contributed by atoms with Crippen molar-refractivity contribution in [1.82, 2.24) is 5.32 Å². The third-order valence-electron chi connectivity index (χ3n) is 2.34. The Hall–Kier alpha value is -1.11. The van der Waals surface area contributed by atoms with Gasteiger partial charge in [0.05, 0.1) is 18.1 Å². The largest absolute Gasteiger partial charge is 0.459 e. The van der Waals surface area contributed by atoms with E-state index in [0.717, 1.165) is 0 Å². The van der Waals surface area contributed by atoms with Crippen molar-refractivity contribution < 1.29 is 22.7 Å². The van der Waals surface area contributed by atoms with Gasteiger partial charge in [0.15, 0.2) is 9.84 Å². The van der Waals surface area contributed by atoms with E-state index in [1.54, 1.807) is 6.92 Å². The normalized spacial score (nSPS) is 22.7. The van der Waals surface area contributed by atoms with Gasteiger partial charge in [0.2, 0.25) is 0 Å². The molecule has 1 amide bonds. The maximum Gasteiger partial charge on any atom is 0.396 e. The second kappa shape index (κ2) is 5.29. The van der Waals surface area contributed by atoms with Gasteiger partial charge < -0.3 is 10.1 Å². The smallest absolute Gasteiger partial charge is 0.396 e. The second-order valence-electron chi connectivity index (χ2n) is 3.70. The van der Waals surface area contributed by atoms with Gasteiger partial charge in [-0.3, -0.25) is 4.79 Å². The molecule has 1 aliphatic heterocycles. The molecule has 16 heavy (non-hydrogen) atoms. The quantitative estimate of drug-likeness (QED) is 0.517. The molecule has 0 aromatic rings. The van der Waals surface area contributed by atoms with Crippen LogP contribution >= 0.6 is 0 Å². The summed E-state index contributed by atoms with van der Waals surface area (Å²) in [4.78, 5) is 22.0. The van der Waals surface area contributed by atoms with Gasteiger partial charge in [-0.2, -0.15) is 0 Å². The highest BCUT2D eigenvalue weighted by Gasteiger charge is 2.28. The Kier molecular flexibility index (Phi) is 4.28. The molecular weight excluding hydrogens is 234 g/mol. The number of sulfone groups is 1. The van der Waals surface area contributed by atoms with Gasteiger partial charge in [0.25, 0.3) is 0 Å². The minimum Gasteiger partial charge on any atom is -0.459 e. The molecule has 1 saturated heterocycles. The highest BCUT2D eigenvalue weighted by molar-refractivity contribution is 7.91. The van der Waals surface area contributed by atoms with E-state index in [0.29, 0.717) is 6.42 Å². The molecule has 0 radical (unpaired) electrons. The summed E-state index contributed by atoms with van der Waals surface area (Å²) in [6.45, 7) is 1.95. The molecule has 0 spiro atoms. The van der Waals surface area contributed by atoms with Crippen LogP contribution in [0.5, 0.6) is 0 Å². The number of hydrogen-bond donors (Lipinski definition) is 1. The lowest BCUT2D eigenvalue weighted by Crippen LogP contribution is -2.36. The van der Waals surface area contributed by atoms with E-state index in [2.05, 4.69) is 10.1 Å². The Labute approximate surface area is 94.3 Å². The molecular formula is C9H15NO5S. The number of rotatable bonds is 3. The first-order valence-corrected chi connectivity index (χ1v) is 6.92. The monoisotopic (exact) mass is 249 g/mol. The number of ether oxygens (including phenoxy) is 1. The fraction of sp³-hybridized carbons (Fsp3) is 0.778. The van der Waals surface area contributed by atoms with Crippen LogP contribution in [0, 0.1) is 5.92 Å². The highest BCUT2D eigenvalue weighted by atomic mass is 32.2. The second-order valence-corrected chi connectivity index (χ2v) is 5.93. The Bertz CT molecular complexity index is 375. The predicted octanol–water partition coefficient (Wildman–Crippen LogP) is -0.900. The Balaban J connectivity index is 2.31. The van der Waals surface area contributed by atoms with Crippen molar-refractivity contribution in [2.24, 2.45) is 5.92 Å². The fourth-order valence-corrected chi connectivity index (χ4v) is 3.40. The van der Waals surface area contributed by atoms with Crippen molar-refractivity contribution in [3.8, 4) is 0 Å². The van der Waals surface area contributed by atoms with Crippen LogP contribution in [0.3, 0.4) is 0 Å². The maximum atomic E-state index is 11.1. The molecule has 6 nitrogen and oxygen atoms in total. The van der Waals surface area contributed by atoms with Crippen LogP contribution in [0.2, 0.25) is 0 Å². The Morgan fingerprint density at radius 2 is 2.12 bits per heavy atom. The van der Waals surface area contributed by atoms with E-state index >= 15 is 0 Å². The Morgan fingerprint density at radius 3 is 2.62 bits per heavy atom.